The maximum Gasteiger partial charge on any atom is 0.227 e. The molecule has 2 heterocycles. The normalized spacial score (nSPS) is 17.8. The number of rotatable bonds is 4. The van der Waals surface area contributed by atoms with Crippen LogP contribution in [0, 0.1) is 13.8 Å². The number of aryl methyl sites for hydroxylation is 2. The third kappa shape index (κ3) is 3.81. The minimum Gasteiger partial charge on any atom is -0.340 e. The van der Waals surface area contributed by atoms with Gasteiger partial charge in [0.25, 0.3) is 0 Å². The van der Waals surface area contributed by atoms with Crippen molar-refractivity contribution >= 4 is 29.1 Å². The molecule has 2 aromatic rings. The monoisotopic (exact) mass is 344 g/mol. The summed E-state index contributed by atoms with van der Waals surface area (Å²) in [6, 6.07) is 8.37. The summed E-state index contributed by atoms with van der Waals surface area (Å²) in [5.41, 5.74) is 3.10. The molecule has 1 aliphatic heterocycles. The summed E-state index contributed by atoms with van der Waals surface area (Å²) in [6.07, 6.45) is 4.87. The Kier molecular flexibility index (Phi) is 5.24. The molecule has 1 N–H and O–H groups in total. The maximum atomic E-state index is 6.12. The molecule has 1 aliphatic rings. The van der Waals surface area contributed by atoms with E-state index in [1.165, 1.54) is 19.3 Å². The topological polar surface area (TPSA) is 41.1 Å². The summed E-state index contributed by atoms with van der Waals surface area (Å²) in [7, 11) is 0. The van der Waals surface area contributed by atoms with Crippen molar-refractivity contribution < 1.29 is 0 Å². The molecule has 1 fully saturated rings. The number of nitrogens with one attached hydrogen (secondary N) is 1. The highest BCUT2D eigenvalue weighted by molar-refractivity contribution is 6.30. The van der Waals surface area contributed by atoms with E-state index in [1.54, 1.807) is 0 Å². The Labute approximate surface area is 149 Å². The Balaban J connectivity index is 1.90. The first-order valence-electron chi connectivity index (χ1n) is 8.72. The van der Waals surface area contributed by atoms with Crippen molar-refractivity contribution in [3.05, 3.63) is 40.5 Å². The molecule has 0 aliphatic carbocycles. The van der Waals surface area contributed by atoms with Crippen LogP contribution >= 0.6 is 11.6 Å². The third-order valence-electron chi connectivity index (χ3n) is 4.66. The van der Waals surface area contributed by atoms with Gasteiger partial charge in [0.05, 0.1) is 0 Å². The van der Waals surface area contributed by atoms with Gasteiger partial charge in [-0.15, -0.1) is 0 Å². The number of hydrogen-bond donors (Lipinski definition) is 1. The van der Waals surface area contributed by atoms with Gasteiger partial charge in [-0.2, -0.15) is 4.98 Å². The molecule has 0 spiro atoms. The molecule has 0 radical (unpaired) electrons. The quantitative estimate of drug-likeness (QED) is 0.821. The van der Waals surface area contributed by atoms with Crippen molar-refractivity contribution in [3.63, 3.8) is 0 Å². The van der Waals surface area contributed by atoms with E-state index in [0.29, 0.717) is 6.04 Å². The van der Waals surface area contributed by atoms with Gasteiger partial charge >= 0.3 is 0 Å². The van der Waals surface area contributed by atoms with E-state index in [1.807, 2.05) is 31.2 Å². The molecule has 3 rings (SSSR count). The van der Waals surface area contributed by atoms with Crippen molar-refractivity contribution in [2.75, 3.05) is 16.8 Å². The van der Waals surface area contributed by atoms with E-state index < -0.39 is 0 Å². The van der Waals surface area contributed by atoms with Crippen LogP contribution in [0.4, 0.5) is 17.5 Å². The van der Waals surface area contributed by atoms with Gasteiger partial charge in [-0.25, -0.2) is 4.98 Å². The SMILES string of the molecule is CCC1CCCCN1c1nc(C)cc(Nc2cc(Cl)ccc2C)n1. The lowest BCUT2D eigenvalue weighted by Gasteiger charge is -2.35. The third-order valence-corrected chi connectivity index (χ3v) is 4.90. The molecule has 1 atom stereocenters. The molecule has 1 aromatic heterocycles. The predicted molar refractivity (Wildman–Crippen MR) is 102 cm³/mol. The zero-order chi connectivity index (χ0) is 17.1. The number of anilines is 3. The van der Waals surface area contributed by atoms with Crippen LogP contribution < -0.4 is 10.2 Å². The Morgan fingerprint density at radius 3 is 2.83 bits per heavy atom. The fraction of sp³-hybridized carbons (Fsp3) is 0.474. The first-order chi connectivity index (χ1) is 11.6. The van der Waals surface area contributed by atoms with Crippen LogP contribution in [0.2, 0.25) is 5.02 Å². The van der Waals surface area contributed by atoms with Gasteiger partial charge in [0.2, 0.25) is 5.95 Å². The lowest BCUT2D eigenvalue weighted by atomic mass is 10.0. The molecule has 1 saturated heterocycles. The molecule has 128 valence electrons. The Morgan fingerprint density at radius 2 is 2.04 bits per heavy atom. The van der Waals surface area contributed by atoms with Crippen LogP contribution in [-0.4, -0.2) is 22.6 Å². The van der Waals surface area contributed by atoms with Gasteiger partial charge < -0.3 is 10.2 Å². The van der Waals surface area contributed by atoms with Gasteiger partial charge in [0.1, 0.15) is 5.82 Å². The maximum absolute atomic E-state index is 6.12. The van der Waals surface area contributed by atoms with E-state index in [4.69, 9.17) is 16.6 Å². The Bertz CT molecular complexity index is 717. The number of benzene rings is 1. The molecule has 0 saturated carbocycles. The molecule has 4 nitrogen and oxygen atoms in total. The van der Waals surface area contributed by atoms with E-state index >= 15 is 0 Å². The molecule has 1 aromatic carbocycles. The van der Waals surface area contributed by atoms with Crippen molar-refractivity contribution in [3.8, 4) is 0 Å². The van der Waals surface area contributed by atoms with Crippen molar-refractivity contribution in [1.82, 2.24) is 9.97 Å². The first kappa shape index (κ1) is 17.0. The summed E-state index contributed by atoms with van der Waals surface area (Å²) < 4.78 is 0. The van der Waals surface area contributed by atoms with Gasteiger partial charge in [-0.05, 0) is 57.2 Å². The number of piperidine rings is 1. The van der Waals surface area contributed by atoms with Gasteiger partial charge in [0.15, 0.2) is 0 Å². The smallest absolute Gasteiger partial charge is 0.227 e. The Morgan fingerprint density at radius 1 is 1.21 bits per heavy atom. The molecular weight excluding hydrogens is 320 g/mol. The lowest BCUT2D eigenvalue weighted by Crippen LogP contribution is -2.40. The standard InChI is InChI=1S/C19H25ClN4/c1-4-16-7-5-6-10-24(16)19-21-14(3)11-18(23-19)22-17-12-15(20)9-8-13(17)2/h8-9,11-12,16H,4-7,10H2,1-3H3,(H,21,22,23). The minimum atomic E-state index is 0.543. The van der Waals surface area contributed by atoms with Gasteiger partial charge in [0, 0.05) is 35.1 Å². The van der Waals surface area contributed by atoms with Crippen LogP contribution in [0.15, 0.2) is 24.3 Å². The molecular formula is C19H25ClN4. The highest BCUT2D eigenvalue weighted by Crippen LogP contribution is 2.27. The molecule has 0 bridgehead atoms. The van der Waals surface area contributed by atoms with Crippen LogP contribution in [0.3, 0.4) is 0 Å². The van der Waals surface area contributed by atoms with Crippen LogP contribution in [-0.2, 0) is 0 Å². The highest BCUT2D eigenvalue weighted by atomic mass is 35.5. The molecule has 24 heavy (non-hydrogen) atoms. The van der Waals surface area contributed by atoms with E-state index in [2.05, 4.69) is 29.0 Å². The fourth-order valence-electron chi connectivity index (χ4n) is 3.30. The molecule has 1 unspecified atom stereocenters. The number of aromatic nitrogens is 2. The number of halogens is 1. The number of nitrogens with zero attached hydrogens (tertiary/aromatic N) is 3. The average molecular weight is 345 g/mol. The van der Waals surface area contributed by atoms with E-state index in [-0.39, 0.29) is 0 Å². The largest absolute Gasteiger partial charge is 0.340 e. The van der Waals surface area contributed by atoms with Crippen LogP contribution in [0.5, 0.6) is 0 Å². The molecule has 0 amide bonds. The lowest BCUT2D eigenvalue weighted by molar-refractivity contribution is 0.443. The predicted octanol–water partition coefficient (Wildman–Crippen LogP) is 5.26. The minimum absolute atomic E-state index is 0.543. The van der Waals surface area contributed by atoms with Gasteiger partial charge in [-0.1, -0.05) is 24.6 Å². The fourth-order valence-corrected chi connectivity index (χ4v) is 3.47. The number of hydrogen-bond acceptors (Lipinski definition) is 4. The van der Waals surface area contributed by atoms with Crippen molar-refractivity contribution in [2.24, 2.45) is 0 Å². The summed E-state index contributed by atoms with van der Waals surface area (Å²) in [4.78, 5) is 11.8. The first-order valence-corrected chi connectivity index (χ1v) is 9.10. The highest BCUT2D eigenvalue weighted by Gasteiger charge is 2.23. The second-order valence-electron chi connectivity index (χ2n) is 6.53. The summed E-state index contributed by atoms with van der Waals surface area (Å²) in [5, 5.41) is 4.12. The van der Waals surface area contributed by atoms with Crippen LogP contribution in [0.25, 0.3) is 0 Å². The summed E-state index contributed by atoms with van der Waals surface area (Å²) in [5.74, 6) is 1.66. The van der Waals surface area contributed by atoms with E-state index in [9.17, 15) is 0 Å². The van der Waals surface area contributed by atoms with Crippen LogP contribution in [0.1, 0.15) is 43.9 Å². The van der Waals surface area contributed by atoms with E-state index in [0.717, 1.165) is 46.7 Å². The average Bonchev–Trinajstić information content (AvgIpc) is 2.57. The summed E-state index contributed by atoms with van der Waals surface area (Å²) in [6.45, 7) is 7.36. The second kappa shape index (κ2) is 7.39. The Hall–Kier alpha value is -1.81. The van der Waals surface area contributed by atoms with Gasteiger partial charge in [-0.3, -0.25) is 0 Å². The zero-order valence-electron chi connectivity index (χ0n) is 14.6. The second-order valence-corrected chi connectivity index (χ2v) is 6.97. The van der Waals surface area contributed by atoms with Crippen molar-refractivity contribution in [2.45, 2.75) is 52.5 Å². The zero-order valence-corrected chi connectivity index (χ0v) is 15.4. The van der Waals surface area contributed by atoms with Crippen molar-refractivity contribution in [1.29, 1.82) is 0 Å². The molecule has 5 heteroatoms. The summed E-state index contributed by atoms with van der Waals surface area (Å²) >= 11 is 6.12.